The van der Waals surface area contributed by atoms with Crippen LogP contribution in [-0.2, 0) is 19.2 Å². The number of imide groups is 1. The first kappa shape index (κ1) is 41.0. The van der Waals surface area contributed by atoms with E-state index in [0.717, 1.165) is 30.6 Å². The fraction of sp³-hybridized carbons (Fsp3) is 0.879. The third-order valence-electron chi connectivity index (χ3n) is 8.03. The fourth-order valence-electron chi connectivity index (χ4n) is 5.34. The molecule has 3 unspecified atom stereocenters. The van der Waals surface area contributed by atoms with E-state index in [1.54, 1.807) is 0 Å². The molecule has 10 heteroatoms. The van der Waals surface area contributed by atoms with E-state index in [-0.39, 0.29) is 19.3 Å². The molecule has 0 bridgehead atoms. The number of aliphatic carboxylic acids is 1. The van der Waals surface area contributed by atoms with Crippen molar-refractivity contribution in [1.29, 1.82) is 0 Å². The average Bonchev–Trinajstić information content (AvgIpc) is 2.98. The van der Waals surface area contributed by atoms with Gasteiger partial charge in [-0.25, -0.2) is 4.79 Å². The topological polar surface area (TPSA) is 182 Å². The van der Waals surface area contributed by atoms with E-state index in [2.05, 4.69) is 12.2 Å². The summed E-state index contributed by atoms with van der Waals surface area (Å²) in [6.07, 6.45) is 19.1. The summed E-state index contributed by atoms with van der Waals surface area (Å²) in [5, 5.41) is 12.7. The second-order valence-electron chi connectivity index (χ2n) is 12.0. The molecular weight excluding hydrogens is 546 g/mol. The highest BCUT2D eigenvalue weighted by atomic mass is 16.4. The maximum atomic E-state index is 13.8. The summed E-state index contributed by atoms with van der Waals surface area (Å²) in [6, 6.07) is -3.14. The van der Waals surface area contributed by atoms with Crippen LogP contribution in [0.15, 0.2) is 0 Å². The minimum absolute atomic E-state index is 0.0928. The van der Waals surface area contributed by atoms with E-state index in [9.17, 15) is 24.3 Å². The van der Waals surface area contributed by atoms with Gasteiger partial charge in [0.05, 0.1) is 6.04 Å². The van der Waals surface area contributed by atoms with E-state index in [0.29, 0.717) is 51.6 Å². The van der Waals surface area contributed by atoms with Crippen molar-refractivity contribution >= 4 is 23.7 Å². The van der Waals surface area contributed by atoms with Crippen molar-refractivity contribution in [2.45, 2.75) is 173 Å². The summed E-state index contributed by atoms with van der Waals surface area (Å²) in [5.74, 6) is -2.90. The van der Waals surface area contributed by atoms with Crippen LogP contribution in [0.25, 0.3) is 0 Å². The van der Waals surface area contributed by atoms with Gasteiger partial charge in [0.2, 0.25) is 11.8 Å². The highest BCUT2D eigenvalue weighted by Gasteiger charge is 2.38. The molecule has 3 atom stereocenters. The van der Waals surface area contributed by atoms with Gasteiger partial charge in [0.1, 0.15) is 12.1 Å². The van der Waals surface area contributed by atoms with Crippen molar-refractivity contribution in [3.05, 3.63) is 0 Å². The number of carboxylic acid groups (broad SMARTS) is 1. The van der Waals surface area contributed by atoms with Gasteiger partial charge in [0.25, 0.3) is 5.91 Å². The summed E-state index contributed by atoms with van der Waals surface area (Å²) in [5.41, 5.74) is 17.2. The normalized spacial score (nSPS) is 13.3. The van der Waals surface area contributed by atoms with Crippen LogP contribution < -0.4 is 22.5 Å². The number of unbranched alkanes of at least 4 members (excludes halogenated alkanes) is 14. The Bertz CT molecular complexity index is 751. The van der Waals surface area contributed by atoms with Gasteiger partial charge >= 0.3 is 5.97 Å². The van der Waals surface area contributed by atoms with E-state index in [4.69, 9.17) is 17.2 Å². The molecule has 0 aromatic heterocycles. The van der Waals surface area contributed by atoms with Gasteiger partial charge in [0.15, 0.2) is 0 Å². The van der Waals surface area contributed by atoms with Gasteiger partial charge in [-0.05, 0) is 58.0 Å². The Morgan fingerprint density at radius 3 is 1.60 bits per heavy atom. The summed E-state index contributed by atoms with van der Waals surface area (Å²) in [4.78, 5) is 53.2. The predicted octanol–water partition coefficient (Wildman–Crippen LogP) is 5.15. The summed E-state index contributed by atoms with van der Waals surface area (Å²) in [7, 11) is 0. The molecule has 0 aromatic carbocycles. The molecule has 0 radical (unpaired) electrons. The molecule has 10 nitrogen and oxygen atoms in total. The first-order valence-corrected chi connectivity index (χ1v) is 17.3. The van der Waals surface area contributed by atoms with Gasteiger partial charge in [0, 0.05) is 6.42 Å². The van der Waals surface area contributed by atoms with Crippen LogP contribution >= 0.6 is 0 Å². The third kappa shape index (κ3) is 19.8. The Morgan fingerprint density at radius 2 is 1.14 bits per heavy atom. The number of amides is 3. The van der Waals surface area contributed by atoms with E-state index in [1.807, 2.05) is 6.92 Å². The molecule has 0 fully saturated rings. The van der Waals surface area contributed by atoms with Gasteiger partial charge < -0.3 is 27.6 Å². The van der Waals surface area contributed by atoms with E-state index >= 15 is 0 Å². The van der Waals surface area contributed by atoms with Crippen LogP contribution in [-0.4, -0.2) is 64.9 Å². The number of hydrogen-bond donors (Lipinski definition) is 5. The van der Waals surface area contributed by atoms with Gasteiger partial charge in [-0.2, -0.15) is 0 Å². The molecule has 252 valence electrons. The zero-order valence-corrected chi connectivity index (χ0v) is 27.5. The number of nitrogens with one attached hydrogen (secondary N) is 1. The lowest BCUT2D eigenvalue weighted by Crippen LogP contribution is -2.57. The number of rotatable bonds is 29. The van der Waals surface area contributed by atoms with Crippen LogP contribution in [0.1, 0.15) is 155 Å². The standard InChI is InChI=1S/C33H65N5O5/c1-3-5-6-7-8-9-10-11-12-13-14-15-16-24-30(39)38(29(33(42)43)23-18-20-26-35)32(41)28(21-4-2)37-31(40)27(36)22-17-19-25-34/h27-29H,3-26,34-36H2,1-2H3,(H,37,40)(H,42,43). The monoisotopic (exact) mass is 611 g/mol. The van der Waals surface area contributed by atoms with Crippen LogP contribution in [0, 0.1) is 0 Å². The first-order valence-electron chi connectivity index (χ1n) is 17.3. The maximum Gasteiger partial charge on any atom is 0.326 e. The molecule has 0 aromatic rings. The Hall–Kier alpha value is -2.04. The smallest absolute Gasteiger partial charge is 0.326 e. The fourth-order valence-corrected chi connectivity index (χ4v) is 5.34. The van der Waals surface area contributed by atoms with Crippen LogP contribution in [0.4, 0.5) is 0 Å². The highest BCUT2D eigenvalue weighted by molar-refractivity contribution is 6.02. The molecule has 0 aliphatic carbocycles. The van der Waals surface area contributed by atoms with Crippen molar-refractivity contribution in [3.63, 3.8) is 0 Å². The number of nitrogens with zero attached hydrogens (tertiary/aromatic N) is 1. The second kappa shape index (κ2) is 27.5. The largest absolute Gasteiger partial charge is 0.480 e. The van der Waals surface area contributed by atoms with Crippen LogP contribution in [0.3, 0.4) is 0 Å². The molecule has 0 aliphatic rings. The molecule has 8 N–H and O–H groups in total. The van der Waals surface area contributed by atoms with E-state index < -0.39 is 41.8 Å². The third-order valence-corrected chi connectivity index (χ3v) is 8.03. The van der Waals surface area contributed by atoms with Crippen molar-refractivity contribution in [1.82, 2.24) is 10.2 Å². The number of nitrogens with two attached hydrogens (primary N) is 3. The molecule has 0 heterocycles. The average molecular weight is 612 g/mol. The SMILES string of the molecule is CCCCCCCCCCCCCCCC(=O)N(C(=O)C(CCC)NC(=O)C(N)CCCCN)C(CCCCN)C(=O)O. The maximum absolute atomic E-state index is 13.8. The van der Waals surface area contributed by atoms with Crippen molar-refractivity contribution in [3.8, 4) is 0 Å². The Balaban J connectivity index is 5.14. The number of carbonyl (C=O) groups excluding carboxylic acids is 3. The highest BCUT2D eigenvalue weighted by Crippen LogP contribution is 2.18. The van der Waals surface area contributed by atoms with E-state index in [1.165, 1.54) is 57.8 Å². The minimum atomic E-state index is -1.30. The molecule has 43 heavy (non-hydrogen) atoms. The summed E-state index contributed by atoms with van der Waals surface area (Å²) in [6.45, 7) is 4.99. The summed E-state index contributed by atoms with van der Waals surface area (Å²) < 4.78 is 0. The second-order valence-corrected chi connectivity index (χ2v) is 12.0. The molecule has 0 spiro atoms. The Morgan fingerprint density at radius 1 is 0.651 bits per heavy atom. The Kier molecular flexibility index (Phi) is 26.2. The Labute approximate surface area is 261 Å². The lowest BCUT2D eigenvalue weighted by atomic mass is 10.0. The molecule has 0 aliphatic heterocycles. The zero-order chi connectivity index (χ0) is 32.3. The van der Waals surface area contributed by atoms with Gasteiger partial charge in [-0.3, -0.25) is 19.3 Å². The number of hydrogen-bond acceptors (Lipinski definition) is 7. The van der Waals surface area contributed by atoms with Crippen molar-refractivity contribution in [2.75, 3.05) is 13.1 Å². The predicted molar refractivity (Wildman–Crippen MR) is 174 cm³/mol. The molecular formula is C33H65N5O5. The van der Waals surface area contributed by atoms with Crippen molar-refractivity contribution in [2.24, 2.45) is 17.2 Å². The van der Waals surface area contributed by atoms with Gasteiger partial charge in [-0.15, -0.1) is 0 Å². The minimum Gasteiger partial charge on any atom is -0.480 e. The molecule has 0 rings (SSSR count). The molecule has 0 saturated heterocycles. The van der Waals surface area contributed by atoms with Gasteiger partial charge in [-0.1, -0.05) is 104 Å². The van der Waals surface area contributed by atoms with Crippen LogP contribution in [0.2, 0.25) is 0 Å². The van der Waals surface area contributed by atoms with Crippen LogP contribution in [0.5, 0.6) is 0 Å². The summed E-state index contributed by atoms with van der Waals surface area (Å²) >= 11 is 0. The molecule has 0 saturated carbocycles. The first-order chi connectivity index (χ1) is 20.7. The molecule has 3 amide bonds. The number of carbonyl (C=O) groups is 4. The lowest BCUT2D eigenvalue weighted by Gasteiger charge is -2.31. The van der Waals surface area contributed by atoms with Crippen molar-refractivity contribution < 1.29 is 24.3 Å². The number of carboxylic acids is 1. The quantitative estimate of drug-likeness (QED) is 0.0720. The lowest BCUT2D eigenvalue weighted by molar-refractivity contribution is -0.160. The zero-order valence-electron chi connectivity index (χ0n) is 27.5.